The Bertz CT molecular complexity index is 774. The molecule has 0 aliphatic rings. The fourth-order valence-electron chi connectivity index (χ4n) is 1.89. The van der Waals surface area contributed by atoms with E-state index < -0.39 is 17.9 Å². The molecule has 0 aliphatic heterocycles. The van der Waals surface area contributed by atoms with Crippen LogP contribution in [0.3, 0.4) is 0 Å². The van der Waals surface area contributed by atoms with E-state index in [1.165, 1.54) is 13.0 Å². The molecular weight excluding hydrogens is 308 g/mol. The van der Waals surface area contributed by atoms with Crippen LogP contribution >= 0.6 is 11.3 Å². The van der Waals surface area contributed by atoms with Crippen molar-refractivity contribution in [1.82, 2.24) is 0 Å². The van der Waals surface area contributed by atoms with Gasteiger partial charge in [0.25, 0.3) is 0 Å². The molecule has 2 aromatic rings. The molecule has 0 atom stereocenters. The lowest BCUT2D eigenvalue weighted by atomic mass is 10.1. The summed E-state index contributed by atoms with van der Waals surface area (Å²) in [5.41, 5.74) is 1.23. The van der Waals surface area contributed by atoms with Crippen LogP contribution < -0.4 is 4.74 Å². The molecule has 114 valence electrons. The molecule has 1 heterocycles. The molecule has 0 saturated heterocycles. The largest absolute Gasteiger partial charge is 0.477 e. The second kappa shape index (κ2) is 5.98. The van der Waals surface area contributed by atoms with Gasteiger partial charge in [-0.3, -0.25) is 0 Å². The number of aromatic carboxylic acids is 2. The topological polar surface area (TPSA) is 101 Å². The van der Waals surface area contributed by atoms with Crippen molar-refractivity contribution < 1.29 is 29.3 Å². The molecule has 6 nitrogen and oxygen atoms in total. The Morgan fingerprint density at radius 3 is 2.23 bits per heavy atom. The summed E-state index contributed by atoms with van der Waals surface area (Å²) in [7, 11) is 0. The molecule has 0 bridgehead atoms. The SMILES string of the molecule is Cc1cccc(C(=O)Oc2c(C(=O)O)sc(C(=O)O)c2C)c1. The predicted molar refractivity (Wildman–Crippen MR) is 79.1 cm³/mol. The fourth-order valence-corrected chi connectivity index (χ4v) is 2.80. The van der Waals surface area contributed by atoms with E-state index in [4.69, 9.17) is 14.9 Å². The number of carboxylic acids is 2. The third-order valence-electron chi connectivity index (χ3n) is 2.93. The highest BCUT2D eigenvalue weighted by molar-refractivity contribution is 7.16. The number of aryl methyl sites for hydroxylation is 1. The minimum absolute atomic E-state index is 0.121. The number of carbonyl (C=O) groups is 3. The van der Waals surface area contributed by atoms with Crippen LogP contribution in [0.4, 0.5) is 0 Å². The number of benzene rings is 1. The predicted octanol–water partition coefficient (Wildman–Crippen LogP) is 2.98. The van der Waals surface area contributed by atoms with Crippen LogP contribution in [0, 0.1) is 13.8 Å². The van der Waals surface area contributed by atoms with Crippen molar-refractivity contribution in [2.75, 3.05) is 0 Å². The van der Waals surface area contributed by atoms with Gasteiger partial charge in [0, 0.05) is 5.56 Å². The number of hydrogen-bond donors (Lipinski definition) is 2. The van der Waals surface area contributed by atoms with Crippen LogP contribution in [0.5, 0.6) is 5.75 Å². The summed E-state index contributed by atoms with van der Waals surface area (Å²) >= 11 is 0.566. The van der Waals surface area contributed by atoms with Crippen molar-refractivity contribution in [3.8, 4) is 5.75 Å². The zero-order chi connectivity index (χ0) is 16.4. The Hall–Kier alpha value is -2.67. The van der Waals surface area contributed by atoms with Gasteiger partial charge in [0.05, 0.1) is 5.56 Å². The number of hydrogen-bond acceptors (Lipinski definition) is 5. The zero-order valence-electron chi connectivity index (χ0n) is 11.7. The lowest BCUT2D eigenvalue weighted by Crippen LogP contribution is -2.11. The molecule has 0 spiro atoms. The Kier molecular flexibility index (Phi) is 4.27. The quantitative estimate of drug-likeness (QED) is 0.840. The van der Waals surface area contributed by atoms with E-state index in [0.717, 1.165) is 5.56 Å². The molecule has 7 heteroatoms. The van der Waals surface area contributed by atoms with Gasteiger partial charge in [-0.25, -0.2) is 14.4 Å². The molecule has 0 radical (unpaired) electrons. The molecular formula is C15H12O6S. The summed E-state index contributed by atoms with van der Waals surface area (Å²) in [4.78, 5) is 33.9. The Labute approximate surface area is 129 Å². The average molecular weight is 320 g/mol. The van der Waals surface area contributed by atoms with Gasteiger partial charge in [0.1, 0.15) is 4.88 Å². The van der Waals surface area contributed by atoms with Crippen molar-refractivity contribution in [2.45, 2.75) is 13.8 Å². The van der Waals surface area contributed by atoms with Gasteiger partial charge in [-0.2, -0.15) is 0 Å². The number of esters is 1. The number of ether oxygens (including phenoxy) is 1. The summed E-state index contributed by atoms with van der Waals surface area (Å²) < 4.78 is 5.14. The van der Waals surface area contributed by atoms with Crippen molar-refractivity contribution in [3.05, 3.63) is 50.7 Å². The number of thiophene rings is 1. The van der Waals surface area contributed by atoms with E-state index >= 15 is 0 Å². The monoisotopic (exact) mass is 320 g/mol. The van der Waals surface area contributed by atoms with Crippen LogP contribution in [-0.4, -0.2) is 28.1 Å². The Morgan fingerprint density at radius 2 is 1.68 bits per heavy atom. The van der Waals surface area contributed by atoms with Gasteiger partial charge in [-0.15, -0.1) is 11.3 Å². The molecule has 2 N–H and O–H groups in total. The fraction of sp³-hybridized carbons (Fsp3) is 0.133. The molecule has 0 amide bonds. The van der Waals surface area contributed by atoms with E-state index in [1.54, 1.807) is 25.1 Å². The maximum absolute atomic E-state index is 12.1. The summed E-state index contributed by atoms with van der Waals surface area (Å²) in [5.74, 6) is -3.55. The van der Waals surface area contributed by atoms with Crippen molar-refractivity contribution in [2.24, 2.45) is 0 Å². The third-order valence-corrected chi connectivity index (χ3v) is 4.18. The number of carbonyl (C=O) groups excluding carboxylic acids is 1. The first-order valence-electron chi connectivity index (χ1n) is 6.20. The highest BCUT2D eigenvalue weighted by Gasteiger charge is 2.27. The first kappa shape index (κ1) is 15.7. The maximum atomic E-state index is 12.1. The van der Waals surface area contributed by atoms with Gasteiger partial charge < -0.3 is 14.9 Å². The smallest absolute Gasteiger partial charge is 0.349 e. The van der Waals surface area contributed by atoms with Crippen LogP contribution in [-0.2, 0) is 0 Å². The molecule has 1 aromatic carbocycles. The minimum Gasteiger partial charge on any atom is -0.477 e. The van der Waals surface area contributed by atoms with Crippen LogP contribution in [0.25, 0.3) is 0 Å². The average Bonchev–Trinajstić information content (AvgIpc) is 2.76. The molecule has 22 heavy (non-hydrogen) atoms. The molecule has 0 fully saturated rings. The Morgan fingerprint density at radius 1 is 1.05 bits per heavy atom. The molecule has 0 unspecified atom stereocenters. The second-order valence-electron chi connectivity index (χ2n) is 4.58. The van der Waals surface area contributed by atoms with Gasteiger partial charge in [0.2, 0.25) is 0 Å². The number of rotatable bonds is 4. The lowest BCUT2D eigenvalue weighted by molar-refractivity contribution is 0.0674. The summed E-state index contributed by atoms with van der Waals surface area (Å²) in [6, 6.07) is 6.61. The van der Waals surface area contributed by atoms with Crippen molar-refractivity contribution in [1.29, 1.82) is 0 Å². The highest BCUT2D eigenvalue weighted by Crippen LogP contribution is 2.35. The standard InChI is InChI=1S/C15H12O6S/c1-7-4-3-5-9(6-7)15(20)21-10-8(2)11(13(16)17)22-12(10)14(18)19/h3-6H,1-2H3,(H,16,17)(H,18,19). The first-order valence-corrected chi connectivity index (χ1v) is 7.01. The van der Waals surface area contributed by atoms with Gasteiger partial charge in [-0.1, -0.05) is 17.7 Å². The van der Waals surface area contributed by atoms with Gasteiger partial charge in [-0.05, 0) is 26.0 Å². The zero-order valence-corrected chi connectivity index (χ0v) is 12.6. The molecule has 0 aliphatic carbocycles. The van der Waals surface area contributed by atoms with Crippen LogP contribution in [0.15, 0.2) is 24.3 Å². The maximum Gasteiger partial charge on any atom is 0.349 e. The van der Waals surface area contributed by atoms with E-state index in [0.29, 0.717) is 11.3 Å². The normalized spacial score (nSPS) is 10.3. The van der Waals surface area contributed by atoms with E-state index in [2.05, 4.69) is 0 Å². The van der Waals surface area contributed by atoms with Crippen molar-refractivity contribution in [3.63, 3.8) is 0 Å². The van der Waals surface area contributed by atoms with Gasteiger partial charge >= 0.3 is 17.9 Å². The van der Waals surface area contributed by atoms with Crippen LogP contribution in [0.1, 0.15) is 40.8 Å². The highest BCUT2D eigenvalue weighted by atomic mass is 32.1. The van der Waals surface area contributed by atoms with E-state index in [9.17, 15) is 14.4 Å². The Balaban J connectivity index is 2.42. The first-order chi connectivity index (χ1) is 10.3. The minimum atomic E-state index is -1.34. The molecule has 0 saturated carbocycles. The second-order valence-corrected chi connectivity index (χ2v) is 5.60. The summed E-state index contributed by atoms with van der Waals surface area (Å²) in [6.07, 6.45) is 0. The number of carboxylic acid groups (broad SMARTS) is 2. The molecule has 2 rings (SSSR count). The summed E-state index contributed by atoms with van der Waals surface area (Å²) in [5, 5.41) is 18.2. The van der Waals surface area contributed by atoms with E-state index in [-0.39, 0.29) is 26.6 Å². The van der Waals surface area contributed by atoms with Crippen molar-refractivity contribution >= 4 is 29.2 Å². The van der Waals surface area contributed by atoms with Crippen LogP contribution in [0.2, 0.25) is 0 Å². The van der Waals surface area contributed by atoms with Gasteiger partial charge in [0.15, 0.2) is 10.6 Å². The third kappa shape index (κ3) is 2.99. The molecule has 1 aromatic heterocycles. The van der Waals surface area contributed by atoms with E-state index in [1.807, 2.05) is 0 Å². The summed E-state index contributed by atoms with van der Waals surface area (Å²) in [6.45, 7) is 3.21. The lowest BCUT2D eigenvalue weighted by Gasteiger charge is -2.06.